The number of unbranched alkanes of at least 4 members (excludes halogenated alkanes) is 1. The number of carbonyl (C=O) groups is 3. The van der Waals surface area contributed by atoms with E-state index in [-0.39, 0.29) is 29.8 Å². The van der Waals surface area contributed by atoms with Crippen molar-refractivity contribution >= 4 is 28.9 Å². The van der Waals surface area contributed by atoms with Crippen molar-refractivity contribution in [2.45, 2.75) is 63.9 Å². The largest absolute Gasteiger partial charge is 0.465 e. The van der Waals surface area contributed by atoms with Crippen LogP contribution < -0.4 is 21.7 Å². The monoisotopic (exact) mass is 622 g/mol. The maximum absolute atomic E-state index is 13.0. The van der Waals surface area contributed by atoms with Crippen molar-refractivity contribution in [1.29, 1.82) is 0 Å². The van der Waals surface area contributed by atoms with Crippen molar-refractivity contribution in [3.05, 3.63) is 52.7 Å². The zero-order valence-corrected chi connectivity index (χ0v) is 25.8. The van der Waals surface area contributed by atoms with Crippen LogP contribution in [0.25, 0.3) is 22.2 Å². The summed E-state index contributed by atoms with van der Waals surface area (Å²) in [4.78, 5) is 62.2. The standard InChI is InChI=1S/C31H42N8O6/c1-32-26(40)16-29-39(14-10-34-45-29)28(42)5-3-4-11-38-20-23(19-37-12-8-24(9-13-37)35-31(43)44)25-15-22(17-33-30(25)38)21-6-7-27(41)36(2)18-21/h6-7,15,17-18,20,24,29,34-35H,3-5,8-14,16,19H2,1-2H3,(H,32,40)(H,43,44). The summed E-state index contributed by atoms with van der Waals surface area (Å²) in [6, 6.07) is 5.44. The smallest absolute Gasteiger partial charge is 0.404 e. The fraction of sp³-hybridized carbons (Fsp3) is 0.516. The average Bonchev–Trinajstić information content (AvgIpc) is 3.37. The summed E-state index contributed by atoms with van der Waals surface area (Å²) < 4.78 is 3.69. The zero-order valence-electron chi connectivity index (χ0n) is 25.8. The van der Waals surface area contributed by atoms with Crippen LogP contribution in [0.2, 0.25) is 0 Å². The molecular weight excluding hydrogens is 580 g/mol. The second-order valence-electron chi connectivity index (χ2n) is 11.7. The Hall–Kier alpha value is -4.27. The maximum atomic E-state index is 13.0. The fourth-order valence-electron chi connectivity index (χ4n) is 6.04. The molecular formula is C31H42N8O6. The normalized spacial score (nSPS) is 17.8. The van der Waals surface area contributed by atoms with Crippen molar-refractivity contribution in [2.75, 3.05) is 33.2 Å². The number of carbonyl (C=O) groups excluding carboxylic acids is 2. The lowest BCUT2D eigenvalue weighted by Crippen LogP contribution is -2.53. The highest BCUT2D eigenvalue weighted by molar-refractivity contribution is 5.85. The topological polar surface area (TPSA) is 163 Å². The molecule has 3 amide bonds. The second kappa shape index (κ2) is 14.7. The predicted octanol–water partition coefficient (Wildman–Crippen LogP) is 1.63. The molecule has 1 unspecified atom stereocenters. The van der Waals surface area contributed by atoms with E-state index in [1.54, 1.807) is 29.6 Å². The first-order chi connectivity index (χ1) is 21.7. The first-order valence-corrected chi connectivity index (χ1v) is 15.5. The number of pyridine rings is 2. The van der Waals surface area contributed by atoms with E-state index in [4.69, 9.17) is 14.9 Å². The molecule has 1 atom stereocenters. The summed E-state index contributed by atoms with van der Waals surface area (Å²) in [5.74, 6) is -0.227. The van der Waals surface area contributed by atoms with Gasteiger partial charge in [0.15, 0.2) is 6.23 Å². The van der Waals surface area contributed by atoms with Crippen LogP contribution in [0, 0.1) is 0 Å². The number of likely N-dealkylation sites (tertiary alicyclic amines) is 1. The third-order valence-corrected chi connectivity index (χ3v) is 8.55. The van der Waals surface area contributed by atoms with Gasteiger partial charge in [-0.05, 0) is 48.9 Å². The third kappa shape index (κ3) is 8.07. The Labute approximate surface area is 261 Å². The summed E-state index contributed by atoms with van der Waals surface area (Å²) in [5, 5.41) is 15.3. The molecule has 14 heteroatoms. The lowest BCUT2D eigenvalue weighted by Gasteiger charge is -2.35. The van der Waals surface area contributed by atoms with Crippen molar-refractivity contribution in [1.82, 2.24) is 40.0 Å². The number of hydrogen-bond donors (Lipinski definition) is 4. The van der Waals surface area contributed by atoms with Gasteiger partial charge in [0, 0.05) is 101 Å². The van der Waals surface area contributed by atoms with Crippen LogP contribution >= 0.6 is 0 Å². The molecule has 14 nitrogen and oxygen atoms in total. The lowest BCUT2D eigenvalue weighted by molar-refractivity contribution is -0.173. The molecule has 242 valence electrons. The van der Waals surface area contributed by atoms with E-state index in [0.717, 1.165) is 60.1 Å². The van der Waals surface area contributed by atoms with Crippen LogP contribution in [0.5, 0.6) is 0 Å². The van der Waals surface area contributed by atoms with Crippen LogP contribution in [0.4, 0.5) is 4.79 Å². The molecule has 45 heavy (non-hydrogen) atoms. The molecule has 0 aliphatic carbocycles. The third-order valence-electron chi connectivity index (χ3n) is 8.55. The van der Waals surface area contributed by atoms with Gasteiger partial charge < -0.3 is 29.8 Å². The van der Waals surface area contributed by atoms with Crippen molar-refractivity contribution in [3.63, 3.8) is 0 Å². The van der Waals surface area contributed by atoms with E-state index in [1.807, 2.05) is 18.5 Å². The van der Waals surface area contributed by atoms with Crippen molar-refractivity contribution in [2.24, 2.45) is 7.05 Å². The first kappa shape index (κ1) is 32.1. The van der Waals surface area contributed by atoms with Crippen LogP contribution in [-0.2, 0) is 34.6 Å². The van der Waals surface area contributed by atoms with E-state index in [1.165, 1.54) is 0 Å². The minimum Gasteiger partial charge on any atom is -0.465 e. The van der Waals surface area contributed by atoms with Crippen LogP contribution in [0.3, 0.4) is 0 Å². The van der Waals surface area contributed by atoms with E-state index in [2.05, 4.69) is 37.8 Å². The number of hydrogen-bond acceptors (Lipinski definition) is 8. The Morgan fingerprint density at radius 2 is 1.91 bits per heavy atom. The summed E-state index contributed by atoms with van der Waals surface area (Å²) in [6.45, 7) is 3.94. The van der Waals surface area contributed by atoms with Gasteiger partial charge in [-0.3, -0.25) is 24.1 Å². The molecule has 2 saturated heterocycles. The zero-order chi connectivity index (χ0) is 31.9. The Bertz CT molecular complexity index is 1580. The molecule has 0 saturated carbocycles. The predicted molar refractivity (Wildman–Crippen MR) is 167 cm³/mol. The van der Waals surface area contributed by atoms with Gasteiger partial charge in [-0.25, -0.2) is 9.78 Å². The van der Waals surface area contributed by atoms with Gasteiger partial charge in [-0.2, -0.15) is 5.48 Å². The van der Waals surface area contributed by atoms with E-state index in [9.17, 15) is 19.2 Å². The highest BCUT2D eigenvalue weighted by atomic mass is 16.7. The van der Waals surface area contributed by atoms with Crippen molar-refractivity contribution < 1.29 is 24.3 Å². The molecule has 3 aromatic rings. The number of piperidine rings is 1. The number of fused-ring (bicyclic) bond motifs is 1. The average molecular weight is 623 g/mol. The number of aromatic nitrogens is 3. The molecule has 0 spiro atoms. The molecule has 0 radical (unpaired) electrons. The number of nitrogens with zero attached hydrogens (tertiary/aromatic N) is 5. The molecule has 0 bridgehead atoms. The van der Waals surface area contributed by atoms with Gasteiger partial charge >= 0.3 is 6.09 Å². The van der Waals surface area contributed by atoms with Crippen LogP contribution in [0.1, 0.15) is 44.1 Å². The SMILES string of the molecule is CNC(=O)CC1ONCCN1C(=O)CCCCn1cc(CN2CCC(NC(=O)O)CC2)c2cc(-c3ccc(=O)n(C)c3)cnc21. The molecule has 5 rings (SSSR count). The number of aryl methyl sites for hydroxylation is 2. The maximum Gasteiger partial charge on any atom is 0.404 e. The van der Waals surface area contributed by atoms with Gasteiger partial charge in [-0.15, -0.1) is 0 Å². The molecule has 5 heterocycles. The molecule has 4 N–H and O–H groups in total. The van der Waals surface area contributed by atoms with Gasteiger partial charge in [0.2, 0.25) is 17.4 Å². The fourth-order valence-corrected chi connectivity index (χ4v) is 6.04. The molecule has 2 fully saturated rings. The summed E-state index contributed by atoms with van der Waals surface area (Å²) in [6.07, 6.45) is 7.52. The van der Waals surface area contributed by atoms with E-state index < -0.39 is 12.3 Å². The second-order valence-corrected chi connectivity index (χ2v) is 11.7. The quantitative estimate of drug-likeness (QED) is 0.233. The highest BCUT2D eigenvalue weighted by Gasteiger charge is 2.29. The Balaban J connectivity index is 1.28. The number of carboxylic acid groups (broad SMARTS) is 1. The molecule has 2 aliphatic rings. The summed E-state index contributed by atoms with van der Waals surface area (Å²) in [7, 11) is 3.29. The number of hydroxylamine groups is 1. The van der Waals surface area contributed by atoms with Crippen LogP contribution in [0.15, 0.2) is 41.6 Å². The Morgan fingerprint density at radius 3 is 2.64 bits per heavy atom. The number of amides is 3. The highest BCUT2D eigenvalue weighted by Crippen LogP contribution is 2.28. The minimum absolute atomic E-state index is 0.0346. The number of nitrogens with one attached hydrogen (secondary N) is 3. The van der Waals surface area contributed by atoms with Gasteiger partial charge in [0.05, 0.1) is 6.42 Å². The summed E-state index contributed by atoms with van der Waals surface area (Å²) in [5.41, 5.74) is 6.50. The van der Waals surface area contributed by atoms with E-state index >= 15 is 0 Å². The van der Waals surface area contributed by atoms with Gasteiger partial charge in [-0.1, -0.05) is 0 Å². The summed E-state index contributed by atoms with van der Waals surface area (Å²) >= 11 is 0. The first-order valence-electron chi connectivity index (χ1n) is 15.5. The number of rotatable bonds is 11. The molecule has 0 aromatic carbocycles. The van der Waals surface area contributed by atoms with Crippen molar-refractivity contribution in [3.8, 4) is 11.1 Å². The molecule has 3 aromatic heterocycles. The van der Waals surface area contributed by atoms with E-state index in [0.29, 0.717) is 39.0 Å². The Morgan fingerprint density at radius 1 is 1.11 bits per heavy atom. The minimum atomic E-state index is -0.986. The van der Waals surface area contributed by atoms with Gasteiger partial charge in [0.25, 0.3) is 0 Å². The molecule has 2 aliphatic heterocycles. The Kier molecular flexibility index (Phi) is 10.5. The van der Waals surface area contributed by atoms with Gasteiger partial charge in [0.1, 0.15) is 5.65 Å². The lowest BCUT2D eigenvalue weighted by atomic mass is 10.0. The van der Waals surface area contributed by atoms with Crippen LogP contribution in [-0.4, -0.2) is 92.4 Å².